The first-order valence-electron chi connectivity index (χ1n) is 4.58. The minimum atomic E-state index is -0.888. The molecule has 0 aliphatic carbocycles. The lowest BCUT2D eigenvalue weighted by atomic mass is 10.4. The van der Waals surface area contributed by atoms with Gasteiger partial charge in [0.2, 0.25) is 0 Å². The fourth-order valence-corrected chi connectivity index (χ4v) is 2.67. The Morgan fingerprint density at radius 2 is 2.29 bits per heavy atom. The molecular formula is C10H14BrNOS. The summed E-state index contributed by atoms with van der Waals surface area (Å²) in [5.74, 6) is 0.671. The van der Waals surface area contributed by atoms with Crippen LogP contribution in [0.15, 0.2) is 33.6 Å². The zero-order chi connectivity index (χ0) is 10.4. The van der Waals surface area contributed by atoms with Crippen molar-refractivity contribution in [1.29, 1.82) is 0 Å². The number of rotatable bonds is 5. The fourth-order valence-electron chi connectivity index (χ4n) is 1.07. The summed E-state index contributed by atoms with van der Waals surface area (Å²) in [6, 6.07) is 7.64. The van der Waals surface area contributed by atoms with E-state index in [1.807, 2.05) is 31.2 Å². The molecule has 14 heavy (non-hydrogen) atoms. The van der Waals surface area contributed by atoms with Gasteiger partial charge in [0.1, 0.15) is 0 Å². The van der Waals surface area contributed by atoms with Crippen LogP contribution in [0.25, 0.3) is 0 Å². The third kappa shape index (κ3) is 3.90. The smallest absolute Gasteiger partial charge is 0.0542 e. The Morgan fingerprint density at radius 3 is 2.93 bits per heavy atom. The predicted molar refractivity (Wildman–Crippen MR) is 64.0 cm³/mol. The summed E-state index contributed by atoms with van der Waals surface area (Å²) in [5, 5.41) is 3.16. The van der Waals surface area contributed by atoms with Gasteiger partial charge in [0.15, 0.2) is 0 Å². The van der Waals surface area contributed by atoms with Gasteiger partial charge in [0.05, 0.1) is 10.8 Å². The largest absolute Gasteiger partial charge is 0.316 e. The maximum Gasteiger partial charge on any atom is 0.0542 e. The van der Waals surface area contributed by atoms with Gasteiger partial charge >= 0.3 is 0 Å². The van der Waals surface area contributed by atoms with Crippen LogP contribution < -0.4 is 5.32 Å². The molecule has 0 bridgehead atoms. The Hall–Kier alpha value is -0.190. The molecule has 1 rings (SSSR count). The molecule has 1 N–H and O–H groups in total. The molecule has 0 saturated heterocycles. The zero-order valence-electron chi connectivity index (χ0n) is 8.13. The highest BCUT2D eigenvalue weighted by molar-refractivity contribution is 9.10. The van der Waals surface area contributed by atoms with E-state index in [1.54, 1.807) is 0 Å². The van der Waals surface area contributed by atoms with Crippen LogP contribution in [0.2, 0.25) is 0 Å². The van der Waals surface area contributed by atoms with Gasteiger partial charge in [-0.1, -0.05) is 28.9 Å². The molecule has 2 nitrogen and oxygen atoms in total. The topological polar surface area (TPSA) is 29.1 Å². The molecule has 1 aromatic rings. The van der Waals surface area contributed by atoms with Crippen LogP contribution in [0.5, 0.6) is 0 Å². The van der Waals surface area contributed by atoms with Crippen molar-refractivity contribution in [2.45, 2.75) is 11.8 Å². The van der Waals surface area contributed by atoms with Crippen LogP contribution in [-0.4, -0.2) is 23.1 Å². The average Bonchev–Trinajstić information content (AvgIpc) is 2.18. The van der Waals surface area contributed by atoms with E-state index in [2.05, 4.69) is 21.2 Å². The van der Waals surface area contributed by atoms with Crippen molar-refractivity contribution in [3.63, 3.8) is 0 Å². The molecule has 1 atom stereocenters. The summed E-state index contributed by atoms with van der Waals surface area (Å²) in [7, 11) is -0.888. The summed E-state index contributed by atoms with van der Waals surface area (Å²) in [6.07, 6.45) is 0. The first kappa shape index (κ1) is 11.9. The molecule has 0 aromatic heterocycles. The lowest BCUT2D eigenvalue weighted by Crippen LogP contribution is -2.19. The summed E-state index contributed by atoms with van der Waals surface area (Å²) in [5.41, 5.74) is 0. The van der Waals surface area contributed by atoms with Gasteiger partial charge in [0.25, 0.3) is 0 Å². The highest BCUT2D eigenvalue weighted by atomic mass is 79.9. The summed E-state index contributed by atoms with van der Waals surface area (Å²) in [6.45, 7) is 3.77. The van der Waals surface area contributed by atoms with Crippen LogP contribution in [0.4, 0.5) is 0 Å². The van der Waals surface area contributed by atoms with Crippen molar-refractivity contribution in [3.05, 3.63) is 28.7 Å². The quantitative estimate of drug-likeness (QED) is 0.835. The van der Waals surface area contributed by atoms with Crippen molar-refractivity contribution >= 4 is 26.7 Å². The SMILES string of the molecule is CCNCCS(=O)c1cccc(Br)c1. The van der Waals surface area contributed by atoms with Crippen LogP contribution in [0.3, 0.4) is 0 Å². The number of hydrogen-bond acceptors (Lipinski definition) is 2. The van der Waals surface area contributed by atoms with E-state index in [9.17, 15) is 4.21 Å². The van der Waals surface area contributed by atoms with Crippen molar-refractivity contribution in [3.8, 4) is 0 Å². The van der Waals surface area contributed by atoms with E-state index in [1.165, 1.54) is 0 Å². The Balaban J connectivity index is 2.52. The summed E-state index contributed by atoms with van der Waals surface area (Å²) in [4.78, 5) is 0.886. The minimum Gasteiger partial charge on any atom is -0.316 e. The monoisotopic (exact) mass is 275 g/mol. The first-order valence-corrected chi connectivity index (χ1v) is 6.70. The van der Waals surface area contributed by atoms with Crippen molar-refractivity contribution in [1.82, 2.24) is 5.32 Å². The third-order valence-corrected chi connectivity index (χ3v) is 3.62. The molecule has 1 aromatic carbocycles. The minimum absolute atomic E-state index is 0.671. The van der Waals surface area contributed by atoms with Crippen LogP contribution in [0, 0.1) is 0 Å². The molecule has 0 aliphatic heterocycles. The molecule has 0 aliphatic rings. The van der Waals surface area contributed by atoms with Gasteiger partial charge in [-0.25, -0.2) is 0 Å². The molecule has 0 fully saturated rings. The van der Waals surface area contributed by atoms with Crippen LogP contribution >= 0.6 is 15.9 Å². The van der Waals surface area contributed by atoms with E-state index in [4.69, 9.17) is 0 Å². The summed E-state index contributed by atoms with van der Waals surface area (Å²) < 4.78 is 12.7. The normalized spacial score (nSPS) is 12.7. The Bertz CT molecular complexity index is 317. The molecule has 78 valence electrons. The van der Waals surface area contributed by atoms with Gasteiger partial charge in [-0.15, -0.1) is 0 Å². The third-order valence-electron chi connectivity index (χ3n) is 1.77. The van der Waals surface area contributed by atoms with E-state index in [-0.39, 0.29) is 0 Å². The molecule has 0 heterocycles. The highest BCUT2D eigenvalue weighted by Gasteiger charge is 2.02. The number of benzene rings is 1. The standard InChI is InChI=1S/C10H14BrNOS/c1-2-12-6-7-14(13)10-5-3-4-9(11)8-10/h3-5,8,12H,2,6-7H2,1H3. The second kappa shape index (κ2) is 6.32. The molecule has 0 spiro atoms. The van der Waals surface area contributed by atoms with E-state index >= 15 is 0 Å². The number of hydrogen-bond donors (Lipinski definition) is 1. The number of nitrogens with one attached hydrogen (secondary N) is 1. The van der Waals surface area contributed by atoms with Crippen LogP contribution in [0.1, 0.15) is 6.92 Å². The van der Waals surface area contributed by atoms with Crippen molar-refractivity contribution in [2.75, 3.05) is 18.8 Å². The fraction of sp³-hybridized carbons (Fsp3) is 0.400. The van der Waals surface area contributed by atoms with Crippen LogP contribution in [-0.2, 0) is 10.8 Å². The van der Waals surface area contributed by atoms with E-state index in [0.29, 0.717) is 5.75 Å². The second-order valence-corrected chi connectivity index (χ2v) is 5.35. The van der Waals surface area contributed by atoms with Gasteiger partial charge < -0.3 is 5.32 Å². The maximum absolute atomic E-state index is 11.7. The summed E-state index contributed by atoms with van der Waals surface area (Å²) >= 11 is 3.36. The maximum atomic E-state index is 11.7. The second-order valence-electron chi connectivity index (χ2n) is 2.86. The van der Waals surface area contributed by atoms with Gasteiger partial charge in [0, 0.05) is 21.7 Å². The Morgan fingerprint density at radius 1 is 1.50 bits per heavy atom. The molecule has 4 heteroatoms. The molecule has 1 unspecified atom stereocenters. The predicted octanol–water partition coefficient (Wildman–Crippen LogP) is 2.17. The lowest BCUT2D eigenvalue weighted by Gasteiger charge is -2.03. The molecular weight excluding hydrogens is 262 g/mol. The lowest BCUT2D eigenvalue weighted by molar-refractivity contribution is 0.677. The molecule has 0 radical (unpaired) electrons. The van der Waals surface area contributed by atoms with Gasteiger partial charge in [-0.05, 0) is 24.7 Å². The van der Waals surface area contributed by atoms with E-state index in [0.717, 1.165) is 22.5 Å². The average molecular weight is 276 g/mol. The molecule has 0 saturated carbocycles. The van der Waals surface area contributed by atoms with Gasteiger partial charge in [-0.3, -0.25) is 4.21 Å². The number of halogens is 1. The van der Waals surface area contributed by atoms with Crippen molar-refractivity contribution in [2.24, 2.45) is 0 Å². The Kier molecular flexibility index (Phi) is 5.37. The van der Waals surface area contributed by atoms with Crippen molar-refractivity contribution < 1.29 is 4.21 Å². The Labute approximate surface area is 95.7 Å². The first-order chi connectivity index (χ1) is 6.74. The van der Waals surface area contributed by atoms with Gasteiger partial charge in [-0.2, -0.15) is 0 Å². The molecule has 0 amide bonds. The highest BCUT2D eigenvalue weighted by Crippen LogP contribution is 2.14. The zero-order valence-corrected chi connectivity index (χ0v) is 10.5. The van der Waals surface area contributed by atoms with E-state index < -0.39 is 10.8 Å².